The van der Waals surface area contributed by atoms with E-state index in [2.05, 4.69) is 20.6 Å². The maximum atomic E-state index is 13.8. The summed E-state index contributed by atoms with van der Waals surface area (Å²) in [6, 6.07) is 39.9. The van der Waals surface area contributed by atoms with Crippen molar-refractivity contribution in [2.24, 2.45) is 7.05 Å². The Hall–Kier alpha value is -6.66. The third-order valence-corrected chi connectivity index (χ3v) is 10.2. The summed E-state index contributed by atoms with van der Waals surface area (Å²) in [7, 11) is 1.64. The highest BCUT2D eigenvalue weighted by Gasteiger charge is 2.37. The van der Waals surface area contributed by atoms with E-state index in [0.717, 1.165) is 27.8 Å². The SMILES string of the molecule is Cn1c(=O)c2ccc(-c3cnc(NC4CCNC4=O)nc3)cc2n1Cc1cc(COC(c2ccccc2)(c2ccccc2)c2ccccc2)ccc1OC(F)F. The first-order chi connectivity index (χ1) is 27.3. The number of ether oxygens (including phenoxy) is 2. The lowest BCUT2D eigenvalue weighted by Gasteiger charge is -2.36. The smallest absolute Gasteiger partial charge is 0.387 e. The average molecular weight is 753 g/mol. The monoisotopic (exact) mass is 752 g/mol. The summed E-state index contributed by atoms with van der Waals surface area (Å²) in [5.41, 5.74) is 4.71. The number of carbonyl (C=O) groups is 1. The lowest BCUT2D eigenvalue weighted by Crippen LogP contribution is -2.32. The summed E-state index contributed by atoms with van der Waals surface area (Å²) < 4.78 is 42.8. The fourth-order valence-electron chi connectivity index (χ4n) is 7.36. The van der Waals surface area contributed by atoms with Crippen LogP contribution < -0.4 is 20.9 Å². The number of alkyl halides is 2. The van der Waals surface area contributed by atoms with Crippen molar-refractivity contribution >= 4 is 22.8 Å². The number of hydrogen-bond acceptors (Lipinski definition) is 7. The molecule has 2 aromatic heterocycles. The predicted octanol–water partition coefficient (Wildman–Crippen LogP) is 7.26. The summed E-state index contributed by atoms with van der Waals surface area (Å²) in [5, 5.41) is 6.29. The molecule has 7 aromatic rings. The van der Waals surface area contributed by atoms with E-state index in [9.17, 15) is 18.4 Å². The van der Waals surface area contributed by atoms with Crippen molar-refractivity contribution in [2.75, 3.05) is 11.9 Å². The Bertz CT molecular complexity index is 2430. The van der Waals surface area contributed by atoms with Gasteiger partial charge in [-0.2, -0.15) is 8.78 Å². The minimum absolute atomic E-state index is 0.0120. The number of nitrogens with zero attached hydrogens (tertiary/aromatic N) is 4. The molecule has 1 unspecified atom stereocenters. The summed E-state index contributed by atoms with van der Waals surface area (Å²) in [4.78, 5) is 34.3. The zero-order valence-electron chi connectivity index (χ0n) is 30.4. The Morgan fingerprint density at radius 3 is 2.02 bits per heavy atom. The van der Waals surface area contributed by atoms with Gasteiger partial charge in [0.25, 0.3) is 5.56 Å². The molecule has 282 valence electrons. The Morgan fingerprint density at radius 2 is 1.45 bits per heavy atom. The largest absolute Gasteiger partial charge is 0.434 e. The number of benzene rings is 5. The highest BCUT2D eigenvalue weighted by molar-refractivity contribution is 5.86. The van der Waals surface area contributed by atoms with Crippen molar-refractivity contribution in [3.63, 3.8) is 0 Å². The summed E-state index contributed by atoms with van der Waals surface area (Å²) in [6.45, 7) is -2.31. The molecule has 1 atom stereocenters. The van der Waals surface area contributed by atoms with E-state index in [4.69, 9.17) is 9.47 Å². The summed E-state index contributed by atoms with van der Waals surface area (Å²) in [5.74, 6) is 0.226. The highest BCUT2D eigenvalue weighted by Crippen LogP contribution is 2.41. The molecule has 0 radical (unpaired) electrons. The molecule has 3 heterocycles. The molecule has 1 saturated heterocycles. The lowest BCUT2D eigenvalue weighted by molar-refractivity contribution is -0.119. The van der Waals surface area contributed by atoms with Gasteiger partial charge in [0.2, 0.25) is 11.9 Å². The molecule has 1 aliphatic heterocycles. The first-order valence-corrected chi connectivity index (χ1v) is 18.2. The van der Waals surface area contributed by atoms with Crippen LogP contribution in [0.5, 0.6) is 5.75 Å². The Morgan fingerprint density at radius 1 is 0.821 bits per heavy atom. The Kier molecular flexibility index (Phi) is 10.1. The quantitative estimate of drug-likeness (QED) is 0.119. The number of carbonyl (C=O) groups excluding carboxylic acids is 1. The van der Waals surface area contributed by atoms with Crippen LogP contribution in [0, 0.1) is 0 Å². The van der Waals surface area contributed by atoms with Gasteiger partial charge in [-0.25, -0.2) is 9.97 Å². The van der Waals surface area contributed by atoms with Gasteiger partial charge in [-0.1, -0.05) is 103 Å². The number of rotatable bonds is 13. The molecule has 0 saturated carbocycles. The van der Waals surface area contributed by atoms with Gasteiger partial charge in [0, 0.05) is 37.1 Å². The molecule has 56 heavy (non-hydrogen) atoms. The van der Waals surface area contributed by atoms with E-state index in [1.165, 1.54) is 10.7 Å². The van der Waals surface area contributed by atoms with Crippen molar-refractivity contribution in [1.29, 1.82) is 0 Å². The number of fused-ring (bicyclic) bond motifs is 1. The number of hydrogen-bond donors (Lipinski definition) is 2. The minimum atomic E-state index is -3.06. The molecule has 8 rings (SSSR count). The van der Waals surface area contributed by atoms with Crippen molar-refractivity contribution < 1.29 is 23.0 Å². The predicted molar refractivity (Wildman–Crippen MR) is 209 cm³/mol. The zero-order valence-corrected chi connectivity index (χ0v) is 30.4. The summed E-state index contributed by atoms with van der Waals surface area (Å²) in [6.07, 6.45) is 3.93. The maximum Gasteiger partial charge on any atom is 0.387 e. The molecule has 0 spiro atoms. The number of halogens is 2. The van der Waals surface area contributed by atoms with Crippen LogP contribution in [-0.2, 0) is 35.3 Å². The van der Waals surface area contributed by atoms with Crippen molar-refractivity contribution in [3.05, 3.63) is 178 Å². The number of nitrogens with one attached hydrogen (secondary N) is 2. The van der Waals surface area contributed by atoms with Crippen LogP contribution >= 0.6 is 0 Å². The van der Waals surface area contributed by atoms with Crippen LogP contribution in [0.3, 0.4) is 0 Å². The van der Waals surface area contributed by atoms with Crippen molar-refractivity contribution in [2.45, 2.75) is 37.8 Å². The Labute approximate surface area is 321 Å². The van der Waals surface area contributed by atoms with E-state index in [1.807, 2.05) is 103 Å². The molecule has 10 nitrogen and oxygen atoms in total. The second-order valence-corrected chi connectivity index (χ2v) is 13.6. The van der Waals surface area contributed by atoms with Gasteiger partial charge >= 0.3 is 6.61 Å². The van der Waals surface area contributed by atoms with Gasteiger partial charge in [0.15, 0.2) is 0 Å². The third kappa shape index (κ3) is 7.14. The Balaban J connectivity index is 1.14. The fraction of sp³-hybridized carbons (Fsp3) is 0.182. The second kappa shape index (κ2) is 15.6. The normalized spacial score (nSPS) is 14.3. The molecule has 1 fully saturated rings. The maximum absolute atomic E-state index is 13.8. The van der Waals surface area contributed by atoms with Crippen LogP contribution in [0.1, 0.15) is 34.2 Å². The highest BCUT2D eigenvalue weighted by atomic mass is 19.3. The van der Waals surface area contributed by atoms with E-state index >= 15 is 0 Å². The first kappa shape index (κ1) is 36.3. The van der Waals surface area contributed by atoms with E-state index in [1.54, 1.807) is 42.3 Å². The number of amides is 1. The van der Waals surface area contributed by atoms with Crippen LogP contribution in [-0.4, -0.2) is 44.4 Å². The second-order valence-electron chi connectivity index (χ2n) is 13.6. The molecule has 0 aliphatic carbocycles. The van der Waals surface area contributed by atoms with Gasteiger partial charge in [0.05, 0.1) is 24.1 Å². The van der Waals surface area contributed by atoms with E-state index < -0.39 is 12.2 Å². The van der Waals surface area contributed by atoms with Crippen LogP contribution in [0.2, 0.25) is 0 Å². The van der Waals surface area contributed by atoms with E-state index in [0.29, 0.717) is 40.9 Å². The molecular weight excluding hydrogens is 715 g/mol. The molecule has 1 amide bonds. The van der Waals surface area contributed by atoms with Crippen LogP contribution in [0.4, 0.5) is 14.7 Å². The topological polar surface area (TPSA) is 112 Å². The van der Waals surface area contributed by atoms with Crippen LogP contribution in [0.25, 0.3) is 22.0 Å². The number of anilines is 1. The minimum Gasteiger partial charge on any atom is -0.434 e. The van der Waals surface area contributed by atoms with Gasteiger partial charge in [-0.3, -0.25) is 19.0 Å². The molecule has 0 bridgehead atoms. The number of aromatic nitrogens is 4. The van der Waals surface area contributed by atoms with Crippen LogP contribution in [0.15, 0.2) is 145 Å². The van der Waals surface area contributed by atoms with Gasteiger partial charge in [-0.05, 0) is 58.5 Å². The molecule has 1 aliphatic rings. The lowest BCUT2D eigenvalue weighted by atomic mass is 9.80. The average Bonchev–Trinajstić information content (AvgIpc) is 3.74. The molecule has 5 aromatic carbocycles. The van der Waals surface area contributed by atoms with E-state index in [-0.39, 0.29) is 36.4 Å². The molecule has 2 N–H and O–H groups in total. The first-order valence-electron chi connectivity index (χ1n) is 18.2. The summed E-state index contributed by atoms with van der Waals surface area (Å²) >= 11 is 0. The third-order valence-electron chi connectivity index (χ3n) is 10.2. The fourth-order valence-corrected chi connectivity index (χ4v) is 7.36. The van der Waals surface area contributed by atoms with Gasteiger partial charge < -0.3 is 20.1 Å². The van der Waals surface area contributed by atoms with Crippen molar-refractivity contribution in [3.8, 4) is 16.9 Å². The van der Waals surface area contributed by atoms with Gasteiger partial charge in [0.1, 0.15) is 17.4 Å². The van der Waals surface area contributed by atoms with Crippen molar-refractivity contribution in [1.82, 2.24) is 24.6 Å². The standard InChI is InChI=1S/C44H38F2N6O4/c1-51-41(54)36-19-18-30(32-25-48-43(49-26-32)50-37-21-22-47-40(37)53)24-38(36)52(51)27-31-23-29(17-20-39(31)56-42(45)46)28-55-44(33-11-5-2-6-12-33,34-13-7-3-8-14-34)35-15-9-4-10-16-35/h2-20,23-26,37,42H,21-22,27-28H2,1H3,(H,47,53)(H,48,49,50). The molecule has 12 heteroatoms. The molecular formula is C44H38F2N6O4. The van der Waals surface area contributed by atoms with Gasteiger partial charge in [-0.15, -0.1) is 0 Å². The zero-order chi connectivity index (χ0) is 38.6.